The van der Waals surface area contributed by atoms with Crippen LogP contribution in [0.3, 0.4) is 0 Å². The molecule has 0 aromatic heterocycles. The van der Waals surface area contributed by atoms with Crippen molar-refractivity contribution >= 4 is 5.91 Å². The minimum atomic E-state index is 0.246. The number of likely N-dealkylation sites (tertiary alicyclic amines) is 1. The average Bonchev–Trinajstić information content (AvgIpc) is 3.17. The van der Waals surface area contributed by atoms with Crippen LogP contribution < -0.4 is 0 Å². The predicted octanol–water partition coefficient (Wildman–Crippen LogP) is 2.97. The lowest BCUT2D eigenvalue weighted by Gasteiger charge is -2.41. The van der Waals surface area contributed by atoms with E-state index in [4.69, 9.17) is 4.74 Å². The van der Waals surface area contributed by atoms with Crippen LogP contribution in [0.25, 0.3) is 0 Å². The lowest BCUT2D eigenvalue weighted by Crippen LogP contribution is -2.51. The van der Waals surface area contributed by atoms with Crippen LogP contribution in [0.2, 0.25) is 0 Å². The number of hydrogen-bond acceptors (Lipinski definition) is 3. The SMILES string of the molecule is O=C(C1CCCC1Cc1ccccc1)N1CCC(N2CCOCC2)CC1. The van der Waals surface area contributed by atoms with E-state index in [1.807, 2.05) is 0 Å². The van der Waals surface area contributed by atoms with Crippen molar-refractivity contribution < 1.29 is 9.53 Å². The molecule has 4 nitrogen and oxygen atoms in total. The molecule has 1 amide bonds. The number of ether oxygens (including phenoxy) is 1. The van der Waals surface area contributed by atoms with E-state index >= 15 is 0 Å². The number of morpholine rings is 1. The Kier molecular flexibility index (Phi) is 5.91. The summed E-state index contributed by atoms with van der Waals surface area (Å²) in [5, 5.41) is 0. The van der Waals surface area contributed by atoms with E-state index < -0.39 is 0 Å². The summed E-state index contributed by atoms with van der Waals surface area (Å²) in [5.41, 5.74) is 1.38. The molecule has 1 aromatic rings. The molecular formula is C22H32N2O2. The fourth-order valence-corrected chi connectivity index (χ4v) is 5.15. The second-order valence-electron chi connectivity index (χ2n) is 8.19. The van der Waals surface area contributed by atoms with Gasteiger partial charge in [-0.15, -0.1) is 0 Å². The van der Waals surface area contributed by atoms with Crippen molar-refractivity contribution in [3.05, 3.63) is 35.9 Å². The van der Waals surface area contributed by atoms with Crippen molar-refractivity contribution in [1.29, 1.82) is 0 Å². The zero-order chi connectivity index (χ0) is 17.8. The van der Waals surface area contributed by atoms with Gasteiger partial charge in [-0.25, -0.2) is 0 Å². The summed E-state index contributed by atoms with van der Waals surface area (Å²) in [6.07, 6.45) is 6.80. The van der Waals surface area contributed by atoms with Gasteiger partial charge in [0.2, 0.25) is 5.91 Å². The largest absolute Gasteiger partial charge is 0.379 e. The summed E-state index contributed by atoms with van der Waals surface area (Å²) in [6, 6.07) is 11.3. The summed E-state index contributed by atoms with van der Waals surface area (Å²) in [6.45, 7) is 5.72. The van der Waals surface area contributed by atoms with E-state index in [2.05, 4.69) is 40.1 Å². The Bertz CT molecular complexity index is 577. The number of carbonyl (C=O) groups excluding carboxylic acids is 1. The smallest absolute Gasteiger partial charge is 0.225 e. The van der Waals surface area contributed by atoms with Crippen molar-refractivity contribution in [1.82, 2.24) is 9.80 Å². The minimum absolute atomic E-state index is 0.246. The number of amides is 1. The Labute approximate surface area is 157 Å². The Balaban J connectivity index is 1.31. The zero-order valence-electron chi connectivity index (χ0n) is 15.8. The highest BCUT2D eigenvalue weighted by atomic mass is 16.5. The lowest BCUT2D eigenvalue weighted by atomic mass is 9.88. The molecule has 0 bridgehead atoms. The van der Waals surface area contributed by atoms with E-state index in [-0.39, 0.29) is 5.92 Å². The molecule has 2 unspecified atom stereocenters. The summed E-state index contributed by atoms with van der Waals surface area (Å²) < 4.78 is 5.47. The standard InChI is InChI=1S/C22H32N2O2/c25-22(21-8-4-7-19(21)17-18-5-2-1-3-6-18)24-11-9-20(10-12-24)23-13-15-26-16-14-23/h1-3,5-6,19-21H,4,7-17H2. The highest BCUT2D eigenvalue weighted by Gasteiger charge is 2.37. The quantitative estimate of drug-likeness (QED) is 0.831. The molecule has 0 N–H and O–H groups in total. The molecule has 2 atom stereocenters. The second-order valence-corrected chi connectivity index (χ2v) is 8.19. The molecule has 1 aromatic carbocycles. The van der Waals surface area contributed by atoms with Gasteiger partial charge >= 0.3 is 0 Å². The van der Waals surface area contributed by atoms with Gasteiger partial charge in [-0.05, 0) is 43.6 Å². The first-order valence-corrected chi connectivity index (χ1v) is 10.5. The van der Waals surface area contributed by atoms with E-state index in [9.17, 15) is 4.79 Å². The Hall–Kier alpha value is -1.39. The summed E-state index contributed by atoms with van der Waals surface area (Å²) in [4.78, 5) is 17.9. The van der Waals surface area contributed by atoms with Crippen LogP contribution in [-0.2, 0) is 16.0 Å². The predicted molar refractivity (Wildman–Crippen MR) is 103 cm³/mol. The molecule has 26 heavy (non-hydrogen) atoms. The van der Waals surface area contributed by atoms with Gasteiger partial charge < -0.3 is 9.64 Å². The van der Waals surface area contributed by atoms with Crippen LogP contribution in [0.15, 0.2) is 30.3 Å². The molecule has 0 spiro atoms. The van der Waals surface area contributed by atoms with Crippen LogP contribution >= 0.6 is 0 Å². The number of benzene rings is 1. The maximum atomic E-state index is 13.2. The molecule has 2 saturated heterocycles. The number of nitrogens with zero attached hydrogens (tertiary/aromatic N) is 2. The topological polar surface area (TPSA) is 32.8 Å². The van der Waals surface area contributed by atoms with Gasteiger partial charge in [0.25, 0.3) is 0 Å². The van der Waals surface area contributed by atoms with Crippen LogP contribution in [0.4, 0.5) is 0 Å². The van der Waals surface area contributed by atoms with Crippen LogP contribution in [-0.4, -0.2) is 61.1 Å². The molecular weight excluding hydrogens is 324 g/mol. The highest BCUT2D eigenvalue weighted by Crippen LogP contribution is 2.36. The van der Waals surface area contributed by atoms with E-state index in [0.717, 1.165) is 65.1 Å². The Morgan fingerprint density at radius 1 is 0.962 bits per heavy atom. The first kappa shape index (κ1) is 18.0. The van der Waals surface area contributed by atoms with Crippen LogP contribution in [0, 0.1) is 11.8 Å². The van der Waals surface area contributed by atoms with Gasteiger partial charge in [0.15, 0.2) is 0 Å². The number of rotatable bonds is 4. The van der Waals surface area contributed by atoms with Gasteiger partial charge in [0.1, 0.15) is 0 Å². The normalized spacial score (nSPS) is 28.4. The Morgan fingerprint density at radius 2 is 1.69 bits per heavy atom. The molecule has 142 valence electrons. The molecule has 2 heterocycles. The number of hydrogen-bond donors (Lipinski definition) is 0. The molecule has 3 aliphatic rings. The third kappa shape index (κ3) is 4.12. The minimum Gasteiger partial charge on any atom is -0.379 e. The molecule has 1 aliphatic carbocycles. The molecule has 4 heteroatoms. The van der Waals surface area contributed by atoms with E-state index in [1.54, 1.807) is 0 Å². The fourth-order valence-electron chi connectivity index (χ4n) is 5.15. The van der Waals surface area contributed by atoms with Gasteiger partial charge in [0.05, 0.1) is 13.2 Å². The van der Waals surface area contributed by atoms with Crippen LogP contribution in [0.5, 0.6) is 0 Å². The average molecular weight is 357 g/mol. The van der Waals surface area contributed by atoms with Crippen molar-refractivity contribution in [3.63, 3.8) is 0 Å². The van der Waals surface area contributed by atoms with Gasteiger partial charge in [0, 0.05) is 38.1 Å². The highest BCUT2D eigenvalue weighted by molar-refractivity contribution is 5.79. The zero-order valence-corrected chi connectivity index (χ0v) is 15.8. The molecule has 3 fully saturated rings. The van der Waals surface area contributed by atoms with E-state index in [0.29, 0.717) is 17.9 Å². The molecule has 0 radical (unpaired) electrons. The number of carbonyl (C=O) groups is 1. The number of piperidine rings is 1. The maximum absolute atomic E-state index is 13.2. The van der Waals surface area contributed by atoms with Crippen molar-refractivity contribution in [3.8, 4) is 0 Å². The third-order valence-electron chi connectivity index (χ3n) is 6.66. The fraction of sp³-hybridized carbons (Fsp3) is 0.682. The Morgan fingerprint density at radius 3 is 2.42 bits per heavy atom. The second kappa shape index (κ2) is 8.53. The van der Waals surface area contributed by atoms with Crippen LogP contribution in [0.1, 0.15) is 37.7 Å². The lowest BCUT2D eigenvalue weighted by molar-refractivity contribution is -0.138. The van der Waals surface area contributed by atoms with Gasteiger partial charge in [-0.1, -0.05) is 36.8 Å². The summed E-state index contributed by atoms with van der Waals surface area (Å²) in [5.74, 6) is 1.21. The third-order valence-corrected chi connectivity index (χ3v) is 6.66. The molecule has 4 rings (SSSR count). The van der Waals surface area contributed by atoms with E-state index in [1.165, 1.54) is 18.4 Å². The van der Waals surface area contributed by atoms with Crippen molar-refractivity contribution in [2.45, 2.75) is 44.6 Å². The monoisotopic (exact) mass is 356 g/mol. The first-order valence-electron chi connectivity index (χ1n) is 10.5. The van der Waals surface area contributed by atoms with Crippen molar-refractivity contribution in [2.75, 3.05) is 39.4 Å². The molecule has 2 aliphatic heterocycles. The molecule has 1 saturated carbocycles. The first-order chi connectivity index (χ1) is 12.8. The van der Waals surface area contributed by atoms with Crippen molar-refractivity contribution in [2.24, 2.45) is 11.8 Å². The summed E-state index contributed by atoms with van der Waals surface area (Å²) >= 11 is 0. The van der Waals surface area contributed by atoms with Gasteiger partial charge in [-0.3, -0.25) is 9.69 Å². The summed E-state index contributed by atoms with van der Waals surface area (Å²) in [7, 11) is 0. The van der Waals surface area contributed by atoms with Gasteiger partial charge in [-0.2, -0.15) is 0 Å². The maximum Gasteiger partial charge on any atom is 0.225 e.